The minimum Gasteiger partial charge on any atom is -0.504 e. The van der Waals surface area contributed by atoms with Gasteiger partial charge in [-0.3, -0.25) is 4.79 Å². The van der Waals surface area contributed by atoms with Gasteiger partial charge in [0.15, 0.2) is 18.2 Å². The van der Waals surface area contributed by atoms with E-state index in [9.17, 15) is 15.0 Å². The van der Waals surface area contributed by atoms with Gasteiger partial charge in [0.05, 0.1) is 11.6 Å². The van der Waals surface area contributed by atoms with Gasteiger partial charge in [0.2, 0.25) is 0 Å². The molecule has 0 aliphatic heterocycles. The number of benzene rings is 1. The SMILES string of the molecule is CCCCCC(O)CC(=O)CCc1ccc(O)c(OCn2cc3[nH]ccc3c2CCC(C)C)c1. The van der Waals surface area contributed by atoms with Gasteiger partial charge < -0.3 is 24.5 Å². The summed E-state index contributed by atoms with van der Waals surface area (Å²) in [6.07, 6.45) is 10.5. The molecule has 2 aromatic heterocycles. The summed E-state index contributed by atoms with van der Waals surface area (Å²) in [5.74, 6) is 1.18. The molecular formula is C28H40N2O4. The molecule has 1 unspecified atom stereocenters. The molecule has 0 aliphatic carbocycles. The van der Waals surface area contributed by atoms with Gasteiger partial charge in [-0.15, -0.1) is 0 Å². The third kappa shape index (κ3) is 7.39. The van der Waals surface area contributed by atoms with E-state index >= 15 is 0 Å². The molecule has 186 valence electrons. The Kier molecular flexibility index (Phi) is 9.63. The van der Waals surface area contributed by atoms with Gasteiger partial charge in [-0.1, -0.05) is 46.1 Å². The molecule has 34 heavy (non-hydrogen) atoms. The highest BCUT2D eigenvalue weighted by atomic mass is 16.5. The molecule has 3 aromatic rings. The van der Waals surface area contributed by atoms with Crippen molar-refractivity contribution in [2.75, 3.05) is 0 Å². The van der Waals surface area contributed by atoms with Crippen LogP contribution in [0.15, 0.2) is 36.7 Å². The molecule has 0 saturated heterocycles. The Labute approximate surface area is 203 Å². The topological polar surface area (TPSA) is 87.5 Å². The number of aromatic amines is 1. The molecule has 0 aliphatic rings. The van der Waals surface area contributed by atoms with E-state index in [1.165, 1.54) is 11.1 Å². The summed E-state index contributed by atoms with van der Waals surface area (Å²) in [5, 5.41) is 21.6. The zero-order chi connectivity index (χ0) is 24.5. The Morgan fingerprint density at radius 2 is 1.97 bits per heavy atom. The number of aliphatic hydroxyl groups excluding tert-OH is 1. The fourth-order valence-electron chi connectivity index (χ4n) is 4.30. The molecule has 6 nitrogen and oxygen atoms in total. The van der Waals surface area contributed by atoms with Crippen molar-refractivity contribution in [2.45, 2.75) is 91.4 Å². The first-order valence-corrected chi connectivity index (χ1v) is 12.7. The van der Waals surface area contributed by atoms with E-state index in [4.69, 9.17) is 4.74 Å². The highest BCUT2D eigenvalue weighted by Gasteiger charge is 2.14. The number of carbonyl (C=O) groups is 1. The Morgan fingerprint density at radius 3 is 2.74 bits per heavy atom. The van der Waals surface area contributed by atoms with Crippen LogP contribution in [0.3, 0.4) is 0 Å². The zero-order valence-corrected chi connectivity index (χ0v) is 20.8. The predicted octanol–water partition coefficient (Wildman–Crippen LogP) is 6.13. The lowest BCUT2D eigenvalue weighted by Crippen LogP contribution is -2.14. The second-order valence-corrected chi connectivity index (χ2v) is 9.75. The molecule has 3 N–H and O–H groups in total. The van der Waals surface area contributed by atoms with Gasteiger partial charge in [0.1, 0.15) is 5.78 Å². The third-order valence-corrected chi connectivity index (χ3v) is 6.36. The maximum atomic E-state index is 12.3. The highest BCUT2D eigenvalue weighted by molar-refractivity contribution is 5.82. The summed E-state index contributed by atoms with van der Waals surface area (Å²) in [7, 11) is 0. The lowest BCUT2D eigenvalue weighted by molar-refractivity contribution is -0.121. The van der Waals surface area contributed by atoms with Crippen molar-refractivity contribution >= 4 is 16.7 Å². The van der Waals surface area contributed by atoms with E-state index in [2.05, 4.69) is 42.6 Å². The van der Waals surface area contributed by atoms with Gasteiger partial charge in [0.25, 0.3) is 0 Å². The number of ether oxygens (including phenoxy) is 1. The van der Waals surface area contributed by atoms with E-state index in [1.54, 1.807) is 6.07 Å². The number of hydrogen-bond acceptors (Lipinski definition) is 4. The number of aliphatic hydroxyl groups is 1. The summed E-state index contributed by atoms with van der Waals surface area (Å²) < 4.78 is 8.11. The summed E-state index contributed by atoms with van der Waals surface area (Å²) >= 11 is 0. The number of aromatic hydroxyl groups is 1. The molecule has 0 bridgehead atoms. The van der Waals surface area contributed by atoms with Crippen molar-refractivity contribution in [1.82, 2.24) is 9.55 Å². The number of nitrogens with zero attached hydrogens (tertiary/aromatic N) is 1. The van der Waals surface area contributed by atoms with E-state index in [-0.39, 0.29) is 18.0 Å². The average Bonchev–Trinajstić information content (AvgIpc) is 3.37. The molecule has 2 heterocycles. The van der Waals surface area contributed by atoms with Crippen LogP contribution in [-0.2, 0) is 24.4 Å². The lowest BCUT2D eigenvalue weighted by Gasteiger charge is -2.14. The molecule has 3 rings (SSSR count). The number of nitrogens with one attached hydrogen (secondary N) is 1. The fraction of sp³-hybridized carbons (Fsp3) is 0.536. The second kappa shape index (κ2) is 12.7. The van der Waals surface area contributed by atoms with E-state index in [0.29, 0.717) is 37.7 Å². The van der Waals surface area contributed by atoms with Crippen LogP contribution in [0.1, 0.15) is 77.0 Å². The normalized spacial score (nSPS) is 12.5. The molecule has 0 spiro atoms. The lowest BCUT2D eigenvalue weighted by atomic mass is 10.0. The second-order valence-electron chi connectivity index (χ2n) is 9.75. The molecule has 0 saturated carbocycles. The maximum absolute atomic E-state index is 12.3. The fourth-order valence-corrected chi connectivity index (χ4v) is 4.30. The van der Waals surface area contributed by atoms with Crippen molar-refractivity contribution in [3.63, 3.8) is 0 Å². The first-order chi connectivity index (χ1) is 16.4. The van der Waals surface area contributed by atoms with Gasteiger partial charge >= 0.3 is 0 Å². The van der Waals surface area contributed by atoms with Crippen LogP contribution in [0.5, 0.6) is 11.5 Å². The Balaban J connectivity index is 1.58. The van der Waals surface area contributed by atoms with Gasteiger partial charge in [-0.25, -0.2) is 0 Å². The van der Waals surface area contributed by atoms with Crippen molar-refractivity contribution in [2.24, 2.45) is 5.92 Å². The van der Waals surface area contributed by atoms with Crippen LogP contribution >= 0.6 is 0 Å². The summed E-state index contributed by atoms with van der Waals surface area (Å²) in [5.41, 5.74) is 3.24. The minimum atomic E-state index is -0.546. The van der Waals surface area contributed by atoms with E-state index in [1.807, 2.05) is 18.3 Å². The van der Waals surface area contributed by atoms with Crippen molar-refractivity contribution in [3.05, 3.63) is 47.9 Å². The standard InChI is InChI=1S/C28H40N2O4/c1-4-5-6-7-22(31)17-23(32)11-9-21-10-13-27(33)28(16-21)34-19-30-18-25-24(14-15-29-25)26(30)12-8-20(2)3/h10,13-16,18,20,22,29,31,33H,4-9,11-12,17,19H2,1-3H3. The monoisotopic (exact) mass is 468 g/mol. The number of Topliss-reactive ketones (excluding diaryl/α,β-unsaturated/α-hetero) is 1. The molecule has 0 radical (unpaired) electrons. The van der Waals surface area contributed by atoms with E-state index < -0.39 is 6.10 Å². The summed E-state index contributed by atoms with van der Waals surface area (Å²) in [6.45, 7) is 6.87. The molecular weight excluding hydrogens is 428 g/mol. The molecule has 0 amide bonds. The number of phenolic OH excluding ortho intramolecular Hbond substituents is 1. The predicted molar refractivity (Wildman–Crippen MR) is 136 cm³/mol. The van der Waals surface area contributed by atoms with Crippen LogP contribution < -0.4 is 4.74 Å². The summed E-state index contributed by atoms with van der Waals surface area (Å²) in [6, 6.07) is 7.34. The first-order valence-electron chi connectivity index (χ1n) is 12.7. The van der Waals surface area contributed by atoms with Crippen molar-refractivity contribution < 1.29 is 19.7 Å². The van der Waals surface area contributed by atoms with Crippen LogP contribution in [0.25, 0.3) is 10.9 Å². The van der Waals surface area contributed by atoms with Crippen LogP contribution in [-0.4, -0.2) is 31.7 Å². The first kappa shape index (κ1) is 25.9. The number of phenols is 1. The van der Waals surface area contributed by atoms with Gasteiger partial charge in [-0.2, -0.15) is 0 Å². The number of rotatable bonds is 15. The minimum absolute atomic E-state index is 0.0664. The smallest absolute Gasteiger partial charge is 0.165 e. The number of hydrogen-bond donors (Lipinski definition) is 3. The van der Waals surface area contributed by atoms with Crippen LogP contribution in [0, 0.1) is 5.92 Å². The number of ketones is 1. The van der Waals surface area contributed by atoms with Gasteiger partial charge in [-0.05, 0) is 55.4 Å². The highest BCUT2D eigenvalue weighted by Crippen LogP contribution is 2.29. The van der Waals surface area contributed by atoms with E-state index in [0.717, 1.165) is 43.2 Å². The zero-order valence-electron chi connectivity index (χ0n) is 20.8. The number of unbranched alkanes of at least 4 members (excludes halogenated alkanes) is 2. The van der Waals surface area contributed by atoms with Crippen molar-refractivity contribution in [3.8, 4) is 11.5 Å². The molecule has 1 atom stereocenters. The van der Waals surface area contributed by atoms with Crippen LogP contribution in [0.2, 0.25) is 0 Å². The van der Waals surface area contributed by atoms with Crippen LogP contribution in [0.4, 0.5) is 0 Å². The number of aromatic nitrogens is 2. The third-order valence-electron chi connectivity index (χ3n) is 6.36. The average molecular weight is 469 g/mol. The quantitative estimate of drug-likeness (QED) is 0.234. The maximum Gasteiger partial charge on any atom is 0.165 e. The Bertz CT molecular complexity index is 1050. The number of fused-ring (bicyclic) bond motifs is 1. The number of H-pyrrole nitrogens is 1. The molecule has 1 aromatic carbocycles. The van der Waals surface area contributed by atoms with Gasteiger partial charge in [0, 0.05) is 36.3 Å². The van der Waals surface area contributed by atoms with Crippen molar-refractivity contribution in [1.29, 1.82) is 0 Å². The largest absolute Gasteiger partial charge is 0.504 e. The molecule has 6 heteroatoms. The summed E-state index contributed by atoms with van der Waals surface area (Å²) in [4.78, 5) is 15.5. The number of aryl methyl sites for hydroxylation is 2. The number of carbonyl (C=O) groups excluding carboxylic acids is 1. The molecule has 0 fully saturated rings. The Hall–Kier alpha value is -2.73. The Morgan fingerprint density at radius 1 is 1.15 bits per heavy atom.